The molecule has 21 heavy (non-hydrogen) atoms. The van der Waals surface area contributed by atoms with Crippen molar-refractivity contribution in [3.8, 4) is 0 Å². The Morgan fingerprint density at radius 2 is 2.00 bits per heavy atom. The van der Waals surface area contributed by atoms with Gasteiger partial charge in [0.05, 0.1) is 6.10 Å². The lowest BCUT2D eigenvalue weighted by Gasteiger charge is -2.30. The highest BCUT2D eigenvalue weighted by Crippen LogP contribution is 2.21. The Morgan fingerprint density at radius 3 is 2.67 bits per heavy atom. The largest absolute Gasteiger partial charge is 0.388 e. The summed E-state index contributed by atoms with van der Waals surface area (Å²) < 4.78 is 0. The summed E-state index contributed by atoms with van der Waals surface area (Å²) in [6.07, 6.45) is 2.76. The maximum Gasteiger partial charge on any atom is 0.0802 e. The predicted octanol–water partition coefficient (Wildman–Crippen LogP) is 3.18. The van der Waals surface area contributed by atoms with Crippen LogP contribution < -0.4 is 0 Å². The quantitative estimate of drug-likeness (QED) is 0.905. The molecule has 2 atom stereocenters. The second-order valence-corrected chi connectivity index (χ2v) is 6.51. The Bertz CT molecular complexity index is 423. The van der Waals surface area contributed by atoms with Crippen LogP contribution in [0.3, 0.4) is 0 Å². The van der Waals surface area contributed by atoms with Gasteiger partial charge in [0.15, 0.2) is 0 Å². The highest BCUT2D eigenvalue weighted by molar-refractivity contribution is 6.30. The fraction of sp³-hybridized carbons (Fsp3) is 0.647. The Labute approximate surface area is 133 Å². The molecule has 1 aliphatic heterocycles. The first-order chi connectivity index (χ1) is 10.1. The van der Waals surface area contributed by atoms with Crippen LogP contribution in [0.25, 0.3) is 0 Å². The van der Waals surface area contributed by atoms with E-state index >= 15 is 0 Å². The molecular weight excluding hydrogens is 284 g/mol. The summed E-state index contributed by atoms with van der Waals surface area (Å²) in [6, 6.07) is 8.13. The lowest BCUT2D eigenvalue weighted by Crippen LogP contribution is -2.40. The molecular formula is C17H27ClN2O. The molecule has 0 aliphatic carbocycles. The fourth-order valence-electron chi connectivity index (χ4n) is 3.11. The third kappa shape index (κ3) is 4.96. The van der Waals surface area contributed by atoms with E-state index in [0.29, 0.717) is 11.1 Å². The van der Waals surface area contributed by atoms with Crippen LogP contribution in [0.1, 0.15) is 37.9 Å². The van der Waals surface area contributed by atoms with Gasteiger partial charge in [-0.15, -0.1) is 0 Å². The third-order valence-electron chi connectivity index (χ3n) is 4.44. The first-order valence-corrected chi connectivity index (χ1v) is 8.34. The van der Waals surface area contributed by atoms with Gasteiger partial charge in [-0.05, 0) is 57.1 Å². The zero-order valence-electron chi connectivity index (χ0n) is 13.1. The van der Waals surface area contributed by atoms with Crippen LogP contribution in [-0.2, 0) is 0 Å². The van der Waals surface area contributed by atoms with Crippen LogP contribution in [0.4, 0.5) is 0 Å². The molecule has 1 aromatic carbocycles. The molecule has 1 aromatic rings. The molecule has 0 radical (unpaired) electrons. The van der Waals surface area contributed by atoms with Crippen molar-refractivity contribution < 1.29 is 5.11 Å². The Balaban J connectivity index is 1.89. The maximum absolute atomic E-state index is 10.3. The molecule has 2 unspecified atom stereocenters. The minimum Gasteiger partial charge on any atom is -0.388 e. The number of likely N-dealkylation sites (N-methyl/N-ethyl adjacent to an activating group) is 1. The smallest absolute Gasteiger partial charge is 0.0802 e. The number of halogens is 1. The van der Waals surface area contributed by atoms with E-state index in [2.05, 4.69) is 23.8 Å². The molecule has 1 heterocycles. The molecule has 0 amide bonds. The number of aliphatic hydroxyl groups excluding tert-OH is 1. The van der Waals surface area contributed by atoms with Crippen LogP contribution in [-0.4, -0.2) is 54.2 Å². The SMILES string of the molecule is CCC1CN(C)CCCN1CCC(O)c1ccc(Cl)cc1. The van der Waals surface area contributed by atoms with E-state index in [-0.39, 0.29) is 0 Å². The van der Waals surface area contributed by atoms with Gasteiger partial charge in [-0.1, -0.05) is 30.7 Å². The molecule has 0 spiro atoms. The normalized spacial score (nSPS) is 23.0. The van der Waals surface area contributed by atoms with Gasteiger partial charge < -0.3 is 10.0 Å². The van der Waals surface area contributed by atoms with Crippen LogP contribution >= 0.6 is 11.6 Å². The first kappa shape index (κ1) is 16.8. The van der Waals surface area contributed by atoms with Crippen molar-refractivity contribution in [1.29, 1.82) is 0 Å². The van der Waals surface area contributed by atoms with E-state index in [1.54, 1.807) is 0 Å². The summed E-state index contributed by atoms with van der Waals surface area (Å²) in [5.74, 6) is 0. The topological polar surface area (TPSA) is 26.7 Å². The number of hydrogen-bond donors (Lipinski definition) is 1. The molecule has 0 saturated carbocycles. The van der Waals surface area contributed by atoms with Crippen molar-refractivity contribution in [2.24, 2.45) is 0 Å². The summed E-state index contributed by atoms with van der Waals surface area (Å²) in [6.45, 7) is 6.65. The van der Waals surface area contributed by atoms with Crippen molar-refractivity contribution in [3.63, 3.8) is 0 Å². The first-order valence-electron chi connectivity index (χ1n) is 7.96. The van der Waals surface area contributed by atoms with Crippen LogP contribution in [0.15, 0.2) is 24.3 Å². The second-order valence-electron chi connectivity index (χ2n) is 6.07. The highest BCUT2D eigenvalue weighted by atomic mass is 35.5. The van der Waals surface area contributed by atoms with E-state index < -0.39 is 6.10 Å². The highest BCUT2D eigenvalue weighted by Gasteiger charge is 2.22. The van der Waals surface area contributed by atoms with Gasteiger partial charge in [0.1, 0.15) is 0 Å². The van der Waals surface area contributed by atoms with Crippen molar-refractivity contribution in [2.45, 2.75) is 38.3 Å². The van der Waals surface area contributed by atoms with E-state index in [1.807, 2.05) is 24.3 Å². The summed E-state index contributed by atoms with van der Waals surface area (Å²) in [5.41, 5.74) is 0.958. The van der Waals surface area contributed by atoms with Crippen LogP contribution in [0.2, 0.25) is 5.02 Å². The van der Waals surface area contributed by atoms with E-state index in [1.165, 1.54) is 19.4 Å². The van der Waals surface area contributed by atoms with Gasteiger partial charge in [-0.25, -0.2) is 0 Å². The molecule has 0 aromatic heterocycles. The lowest BCUT2D eigenvalue weighted by atomic mass is 10.1. The lowest BCUT2D eigenvalue weighted by molar-refractivity contribution is 0.121. The maximum atomic E-state index is 10.3. The van der Waals surface area contributed by atoms with Crippen molar-refractivity contribution >= 4 is 11.6 Å². The van der Waals surface area contributed by atoms with Gasteiger partial charge in [0.2, 0.25) is 0 Å². The number of rotatable bonds is 5. The minimum absolute atomic E-state index is 0.402. The zero-order valence-corrected chi connectivity index (χ0v) is 13.9. The Kier molecular flexibility index (Phi) is 6.49. The standard InChI is InChI=1S/C17H27ClN2O/c1-3-16-13-19(2)10-4-11-20(16)12-9-17(21)14-5-7-15(18)8-6-14/h5-8,16-17,21H,3-4,9-13H2,1-2H3. The number of hydrogen-bond acceptors (Lipinski definition) is 3. The molecule has 2 rings (SSSR count). The number of benzene rings is 1. The number of nitrogens with zero attached hydrogens (tertiary/aromatic N) is 2. The molecule has 1 fully saturated rings. The second kappa shape index (κ2) is 8.14. The van der Waals surface area contributed by atoms with Gasteiger partial charge >= 0.3 is 0 Å². The van der Waals surface area contributed by atoms with Gasteiger partial charge in [0.25, 0.3) is 0 Å². The molecule has 1 N–H and O–H groups in total. The fourth-order valence-corrected chi connectivity index (χ4v) is 3.24. The summed E-state index contributed by atoms with van der Waals surface area (Å²) >= 11 is 5.89. The molecule has 0 bridgehead atoms. The Morgan fingerprint density at radius 1 is 1.29 bits per heavy atom. The molecule has 3 nitrogen and oxygen atoms in total. The van der Waals surface area contributed by atoms with E-state index in [4.69, 9.17) is 11.6 Å². The minimum atomic E-state index is -0.402. The van der Waals surface area contributed by atoms with Gasteiger partial charge in [-0.3, -0.25) is 4.90 Å². The summed E-state index contributed by atoms with van der Waals surface area (Å²) in [4.78, 5) is 4.96. The van der Waals surface area contributed by atoms with Crippen molar-refractivity contribution in [3.05, 3.63) is 34.9 Å². The molecule has 4 heteroatoms. The monoisotopic (exact) mass is 310 g/mol. The molecule has 1 saturated heterocycles. The van der Waals surface area contributed by atoms with Crippen molar-refractivity contribution in [2.75, 3.05) is 33.2 Å². The molecule has 1 aliphatic rings. The van der Waals surface area contributed by atoms with Gasteiger partial charge in [0, 0.05) is 24.2 Å². The van der Waals surface area contributed by atoms with Crippen molar-refractivity contribution in [1.82, 2.24) is 9.80 Å². The summed E-state index contributed by atoms with van der Waals surface area (Å²) in [5, 5.41) is 11.1. The molecule has 118 valence electrons. The average Bonchev–Trinajstić information content (AvgIpc) is 2.66. The number of aliphatic hydroxyl groups is 1. The van der Waals surface area contributed by atoms with E-state index in [0.717, 1.165) is 31.6 Å². The van der Waals surface area contributed by atoms with Crippen LogP contribution in [0, 0.1) is 0 Å². The predicted molar refractivity (Wildman–Crippen MR) is 88.8 cm³/mol. The summed E-state index contributed by atoms with van der Waals surface area (Å²) in [7, 11) is 2.20. The zero-order chi connectivity index (χ0) is 15.2. The third-order valence-corrected chi connectivity index (χ3v) is 4.69. The van der Waals surface area contributed by atoms with Crippen LogP contribution in [0.5, 0.6) is 0 Å². The van der Waals surface area contributed by atoms with Gasteiger partial charge in [-0.2, -0.15) is 0 Å². The van der Waals surface area contributed by atoms with E-state index in [9.17, 15) is 5.11 Å². The average molecular weight is 311 g/mol. The Hall–Kier alpha value is -0.610.